The lowest BCUT2D eigenvalue weighted by atomic mass is 9.76. The van der Waals surface area contributed by atoms with Gasteiger partial charge in [-0.25, -0.2) is 0 Å². The lowest BCUT2D eigenvalue weighted by Crippen LogP contribution is -2.58. The van der Waals surface area contributed by atoms with Gasteiger partial charge in [0.2, 0.25) is 0 Å². The Morgan fingerprint density at radius 1 is 1.41 bits per heavy atom. The van der Waals surface area contributed by atoms with Crippen LogP contribution in [0.4, 0.5) is 0 Å². The van der Waals surface area contributed by atoms with Gasteiger partial charge in [-0.1, -0.05) is 0 Å². The van der Waals surface area contributed by atoms with Crippen molar-refractivity contribution in [2.75, 3.05) is 6.54 Å². The van der Waals surface area contributed by atoms with Gasteiger partial charge < -0.3 is 21.3 Å². The second-order valence-corrected chi connectivity index (χ2v) is 4.49. The highest BCUT2D eigenvalue weighted by atomic mass is 16.3. The van der Waals surface area contributed by atoms with E-state index in [-0.39, 0.29) is 22.6 Å². The predicted octanol–water partition coefficient (Wildman–Crippen LogP) is 0.709. The number of benzene rings is 1. The van der Waals surface area contributed by atoms with Crippen LogP contribution in [0.15, 0.2) is 18.2 Å². The Balaban J connectivity index is 2.17. The van der Waals surface area contributed by atoms with Crippen molar-refractivity contribution >= 4 is 5.91 Å². The van der Waals surface area contributed by atoms with Crippen LogP contribution >= 0.6 is 0 Å². The highest BCUT2D eigenvalue weighted by Crippen LogP contribution is 2.32. The molecule has 5 nitrogen and oxygen atoms in total. The molecule has 0 atom stereocenters. The second-order valence-electron chi connectivity index (χ2n) is 4.49. The molecule has 0 saturated heterocycles. The van der Waals surface area contributed by atoms with Crippen LogP contribution in [0.5, 0.6) is 11.5 Å². The summed E-state index contributed by atoms with van der Waals surface area (Å²) in [7, 11) is 0. The largest absolute Gasteiger partial charge is 0.508 e. The molecule has 17 heavy (non-hydrogen) atoms. The van der Waals surface area contributed by atoms with E-state index in [2.05, 4.69) is 5.32 Å². The van der Waals surface area contributed by atoms with E-state index in [0.29, 0.717) is 6.54 Å². The summed E-state index contributed by atoms with van der Waals surface area (Å²) in [4.78, 5) is 11.9. The Bertz CT molecular complexity index is 436. The van der Waals surface area contributed by atoms with Gasteiger partial charge in [-0.05, 0) is 37.5 Å². The number of nitrogens with one attached hydrogen (secondary N) is 1. The van der Waals surface area contributed by atoms with Gasteiger partial charge >= 0.3 is 0 Å². The summed E-state index contributed by atoms with van der Waals surface area (Å²) in [5, 5.41) is 21.7. The Morgan fingerprint density at radius 3 is 2.65 bits per heavy atom. The van der Waals surface area contributed by atoms with Gasteiger partial charge in [0.05, 0.1) is 11.1 Å². The smallest absolute Gasteiger partial charge is 0.255 e. The van der Waals surface area contributed by atoms with E-state index in [4.69, 9.17) is 5.73 Å². The maximum atomic E-state index is 11.9. The number of amides is 1. The Hall–Kier alpha value is -1.75. The first kappa shape index (κ1) is 11.7. The summed E-state index contributed by atoms with van der Waals surface area (Å²) in [6.07, 6.45) is 2.76. The fraction of sp³-hybridized carbons (Fsp3) is 0.417. The minimum absolute atomic E-state index is 0.0524. The summed E-state index contributed by atoms with van der Waals surface area (Å²) in [6, 6.07) is 3.86. The monoisotopic (exact) mass is 236 g/mol. The van der Waals surface area contributed by atoms with Gasteiger partial charge in [0.15, 0.2) is 0 Å². The zero-order chi connectivity index (χ0) is 12.5. The summed E-state index contributed by atoms with van der Waals surface area (Å²) in [5.41, 5.74) is 5.37. The minimum atomic E-state index is -0.399. The molecule has 1 aliphatic carbocycles. The number of phenolic OH excluding ortho intramolecular Hbond substituents is 2. The van der Waals surface area contributed by atoms with Crippen molar-refractivity contribution in [1.29, 1.82) is 0 Å². The van der Waals surface area contributed by atoms with Crippen molar-refractivity contribution in [3.8, 4) is 11.5 Å². The van der Waals surface area contributed by atoms with Crippen molar-refractivity contribution in [1.82, 2.24) is 5.32 Å². The SMILES string of the molecule is NCC1(NC(=O)c2cc(O)ccc2O)CCC1. The van der Waals surface area contributed by atoms with Gasteiger partial charge in [-0.3, -0.25) is 4.79 Å². The topological polar surface area (TPSA) is 95.6 Å². The van der Waals surface area contributed by atoms with Gasteiger partial charge in [-0.15, -0.1) is 0 Å². The minimum Gasteiger partial charge on any atom is -0.508 e. The van der Waals surface area contributed by atoms with Gasteiger partial charge in [0, 0.05) is 6.54 Å². The van der Waals surface area contributed by atoms with Crippen molar-refractivity contribution < 1.29 is 15.0 Å². The van der Waals surface area contributed by atoms with Gasteiger partial charge in [-0.2, -0.15) is 0 Å². The average Bonchev–Trinajstić information content (AvgIpc) is 2.26. The summed E-state index contributed by atoms with van der Waals surface area (Å²) < 4.78 is 0. The van der Waals surface area contributed by atoms with Crippen molar-refractivity contribution in [3.63, 3.8) is 0 Å². The molecule has 1 fully saturated rings. The number of nitrogens with two attached hydrogens (primary N) is 1. The zero-order valence-electron chi connectivity index (χ0n) is 9.44. The highest BCUT2D eigenvalue weighted by Gasteiger charge is 2.37. The van der Waals surface area contributed by atoms with E-state index in [0.717, 1.165) is 19.3 Å². The lowest BCUT2D eigenvalue weighted by molar-refractivity contribution is 0.0834. The number of rotatable bonds is 3. The van der Waals surface area contributed by atoms with E-state index in [9.17, 15) is 15.0 Å². The third kappa shape index (κ3) is 2.19. The zero-order valence-corrected chi connectivity index (χ0v) is 9.44. The normalized spacial score (nSPS) is 17.2. The van der Waals surface area contributed by atoms with Crippen LogP contribution in [0.25, 0.3) is 0 Å². The lowest BCUT2D eigenvalue weighted by Gasteiger charge is -2.41. The van der Waals surface area contributed by atoms with Crippen LogP contribution in [-0.4, -0.2) is 28.2 Å². The van der Waals surface area contributed by atoms with E-state index in [1.54, 1.807) is 0 Å². The fourth-order valence-corrected chi connectivity index (χ4v) is 2.00. The maximum absolute atomic E-state index is 11.9. The molecular formula is C12H16N2O3. The third-order valence-electron chi connectivity index (χ3n) is 3.30. The van der Waals surface area contributed by atoms with Crippen LogP contribution in [0.2, 0.25) is 0 Å². The molecule has 2 rings (SSSR count). The molecular weight excluding hydrogens is 220 g/mol. The molecule has 5 heteroatoms. The molecule has 1 aromatic rings. The van der Waals surface area contributed by atoms with Crippen LogP contribution < -0.4 is 11.1 Å². The fourth-order valence-electron chi connectivity index (χ4n) is 2.00. The van der Waals surface area contributed by atoms with Crippen LogP contribution in [0.1, 0.15) is 29.6 Å². The molecule has 0 aromatic heterocycles. The first-order valence-corrected chi connectivity index (χ1v) is 5.61. The number of hydrogen-bond donors (Lipinski definition) is 4. The first-order chi connectivity index (χ1) is 8.06. The Kier molecular flexibility index (Phi) is 2.93. The molecule has 0 spiro atoms. The molecule has 1 amide bonds. The van der Waals surface area contributed by atoms with Crippen LogP contribution in [0, 0.1) is 0 Å². The molecule has 1 aliphatic rings. The van der Waals surface area contributed by atoms with Gasteiger partial charge in [0.1, 0.15) is 11.5 Å². The molecule has 1 saturated carbocycles. The molecule has 0 radical (unpaired) electrons. The number of carbonyl (C=O) groups excluding carboxylic acids is 1. The molecule has 0 bridgehead atoms. The molecule has 0 aliphatic heterocycles. The third-order valence-corrected chi connectivity index (χ3v) is 3.30. The summed E-state index contributed by atoms with van der Waals surface area (Å²) in [6.45, 7) is 0.387. The molecule has 0 unspecified atom stereocenters. The number of hydrogen-bond acceptors (Lipinski definition) is 4. The van der Waals surface area contributed by atoms with Crippen LogP contribution in [-0.2, 0) is 0 Å². The number of carbonyl (C=O) groups is 1. The van der Waals surface area contributed by atoms with E-state index in [1.807, 2.05) is 0 Å². The highest BCUT2D eigenvalue weighted by molar-refractivity contribution is 5.97. The molecule has 1 aromatic carbocycles. The second kappa shape index (κ2) is 4.25. The Morgan fingerprint density at radius 2 is 2.12 bits per heavy atom. The van der Waals surface area contributed by atoms with E-state index < -0.39 is 5.91 Å². The summed E-state index contributed by atoms with van der Waals surface area (Å²) in [5.74, 6) is -0.598. The molecule has 0 heterocycles. The maximum Gasteiger partial charge on any atom is 0.255 e. The van der Waals surface area contributed by atoms with Crippen molar-refractivity contribution in [2.45, 2.75) is 24.8 Å². The van der Waals surface area contributed by atoms with E-state index >= 15 is 0 Å². The standard InChI is InChI=1S/C12H16N2O3/c13-7-12(4-1-5-12)14-11(17)9-6-8(15)2-3-10(9)16/h2-3,6,15-16H,1,4-5,7,13H2,(H,14,17). The average molecular weight is 236 g/mol. The Labute approximate surface area is 99.3 Å². The van der Waals surface area contributed by atoms with Gasteiger partial charge in [0.25, 0.3) is 5.91 Å². The predicted molar refractivity (Wildman–Crippen MR) is 62.9 cm³/mol. The number of aromatic hydroxyl groups is 2. The van der Waals surface area contributed by atoms with Crippen LogP contribution in [0.3, 0.4) is 0 Å². The quantitative estimate of drug-likeness (QED) is 0.581. The molecule has 92 valence electrons. The summed E-state index contributed by atoms with van der Waals surface area (Å²) >= 11 is 0. The number of phenols is 2. The van der Waals surface area contributed by atoms with Crippen molar-refractivity contribution in [2.24, 2.45) is 5.73 Å². The molecule has 5 N–H and O–H groups in total. The van der Waals surface area contributed by atoms with E-state index in [1.165, 1.54) is 18.2 Å². The first-order valence-electron chi connectivity index (χ1n) is 5.61. The van der Waals surface area contributed by atoms with Crippen molar-refractivity contribution in [3.05, 3.63) is 23.8 Å².